The van der Waals surface area contributed by atoms with Gasteiger partial charge in [0, 0.05) is 50.0 Å². The van der Waals surface area contributed by atoms with Gasteiger partial charge in [0.15, 0.2) is 11.5 Å². The van der Waals surface area contributed by atoms with Crippen molar-refractivity contribution in [2.24, 2.45) is 0 Å². The summed E-state index contributed by atoms with van der Waals surface area (Å²) in [5.74, 6) is 0.909. The Morgan fingerprint density at radius 1 is 0.826 bits per heavy atom. The van der Waals surface area contributed by atoms with Crippen LogP contribution in [0.25, 0.3) is 0 Å². The molecule has 3 aromatic carbocycles. The number of urea groups is 1. The Morgan fingerprint density at radius 2 is 1.50 bits per heavy atom. The number of carbonyl (C=O) groups is 3. The third kappa shape index (κ3) is 9.35. The standard InChI is InChI=1S/C34H41N5O7/c1-34(2,3)46-33(42)37-28-7-5-4-6-27(28)36-31(40)25-10-8-24(9-11-25)23-39(15-14-38-16-18-43-19-17-38)32(41)35-26-12-13-29-30(22-26)45-21-20-44-29/h4-13,22H,14-21,23H2,1-3H3,(H,35,41)(H,36,40)(H,37,42). The van der Waals surface area contributed by atoms with Crippen LogP contribution in [0.4, 0.5) is 26.7 Å². The van der Waals surface area contributed by atoms with Gasteiger partial charge in [-0.2, -0.15) is 0 Å². The van der Waals surface area contributed by atoms with E-state index in [4.69, 9.17) is 18.9 Å². The summed E-state index contributed by atoms with van der Waals surface area (Å²) in [5.41, 5.74) is 2.10. The molecular weight excluding hydrogens is 590 g/mol. The van der Waals surface area contributed by atoms with Crippen molar-refractivity contribution in [1.82, 2.24) is 9.80 Å². The van der Waals surface area contributed by atoms with Crippen molar-refractivity contribution in [3.05, 3.63) is 77.9 Å². The molecule has 3 N–H and O–H groups in total. The summed E-state index contributed by atoms with van der Waals surface area (Å²) in [7, 11) is 0. The minimum absolute atomic E-state index is 0.249. The normalized spacial score (nSPS) is 14.6. The van der Waals surface area contributed by atoms with Crippen LogP contribution in [0.3, 0.4) is 0 Å². The van der Waals surface area contributed by atoms with Crippen molar-refractivity contribution in [3.8, 4) is 11.5 Å². The summed E-state index contributed by atoms with van der Waals surface area (Å²) in [5, 5.41) is 8.54. The SMILES string of the molecule is CC(C)(C)OC(=O)Nc1ccccc1NC(=O)c1ccc(CN(CCN2CCOCC2)C(=O)Nc2ccc3c(c2)OCCO3)cc1. The summed E-state index contributed by atoms with van der Waals surface area (Å²) < 4.78 is 22.1. The maximum Gasteiger partial charge on any atom is 0.412 e. The Hall–Kier alpha value is -4.81. The lowest BCUT2D eigenvalue weighted by Gasteiger charge is -2.30. The topological polar surface area (TPSA) is 131 Å². The van der Waals surface area contributed by atoms with Gasteiger partial charge in [-0.25, -0.2) is 9.59 Å². The molecule has 46 heavy (non-hydrogen) atoms. The van der Waals surface area contributed by atoms with Crippen LogP contribution in [0.2, 0.25) is 0 Å². The Labute approximate surface area is 268 Å². The zero-order valence-corrected chi connectivity index (χ0v) is 26.5. The third-order valence-corrected chi connectivity index (χ3v) is 7.27. The lowest BCUT2D eigenvalue weighted by atomic mass is 10.1. The number of nitrogens with one attached hydrogen (secondary N) is 3. The van der Waals surface area contributed by atoms with Crippen LogP contribution in [0.1, 0.15) is 36.7 Å². The van der Waals surface area contributed by atoms with Crippen LogP contribution in [0, 0.1) is 0 Å². The summed E-state index contributed by atoms with van der Waals surface area (Å²) in [6, 6.07) is 19.1. The molecule has 1 fully saturated rings. The predicted octanol–water partition coefficient (Wildman–Crippen LogP) is 5.42. The number of anilines is 3. The van der Waals surface area contributed by atoms with Crippen LogP contribution in [-0.2, 0) is 16.0 Å². The van der Waals surface area contributed by atoms with Gasteiger partial charge in [-0.1, -0.05) is 24.3 Å². The maximum atomic E-state index is 13.5. The highest BCUT2D eigenvalue weighted by molar-refractivity contribution is 6.06. The zero-order chi connectivity index (χ0) is 32.5. The van der Waals surface area contributed by atoms with E-state index in [1.165, 1.54) is 0 Å². The molecule has 4 amide bonds. The van der Waals surface area contributed by atoms with Gasteiger partial charge < -0.3 is 34.5 Å². The first-order chi connectivity index (χ1) is 22.1. The van der Waals surface area contributed by atoms with Crippen LogP contribution in [0.15, 0.2) is 66.7 Å². The molecule has 0 bridgehead atoms. The van der Waals surface area contributed by atoms with Crippen molar-refractivity contribution >= 4 is 35.1 Å². The molecule has 3 aromatic rings. The van der Waals surface area contributed by atoms with Gasteiger partial charge in [-0.3, -0.25) is 15.0 Å². The molecule has 12 nitrogen and oxygen atoms in total. The van der Waals surface area contributed by atoms with E-state index in [1.54, 1.807) is 80.3 Å². The van der Waals surface area contributed by atoms with Gasteiger partial charge in [0.2, 0.25) is 0 Å². The number of rotatable bonds is 9. The molecule has 0 spiro atoms. The number of para-hydroxylation sites is 2. The monoisotopic (exact) mass is 631 g/mol. The molecule has 5 rings (SSSR count). The number of nitrogens with zero attached hydrogens (tertiary/aromatic N) is 2. The van der Waals surface area contributed by atoms with Crippen molar-refractivity contribution in [3.63, 3.8) is 0 Å². The summed E-state index contributed by atoms with van der Waals surface area (Å²) in [6.45, 7) is 10.8. The first kappa shape index (κ1) is 32.6. The highest BCUT2D eigenvalue weighted by Gasteiger charge is 2.21. The number of fused-ring (bicyclic) bond motifs is 1. The smallest absolute Gasteiger partial charge is 0.412 e. The minimum atomic E-state index is -0.659. The second kappa shape index (κ2) is 15.0. The first-order valence-electron chi connectivity index (χ1n) is 15.4. The van der Waals surface area contributed by atoms with Gasteiger partial charge in [-0.15, -0.1) is 0 Å². The van der Waals surface area contributed by atoms with Crippen LogP contribution in [-0.4, -0.2) is 86.0 Å². The lowest BCUT2D eigenvalue weighted by Crippen LogP contribution is -2.44. The largest absolute Gasteiger partial charge is 0.486 e. The fourth-order valence-electron chi connectivity index (χ4n) is 4.95. The molecule has 2 aliphatic rings. The van der Waals surface area contributed by atoms with Crippen LogP contribution >= 0.6 is 0 Å². The van der Waals surface area contributed by atoms with Crippen molar-refractivity contribution in [1.29, 1.82) is 0 Å². The number of ether oxygens (including phenoxy) is 4. The van der Waals surface area contributed by atoms with Crippen LogP contribution < -0.4 is 25.4 Å². The molecule has 1 saturated heterocycles. The highest BCUT2D eigenvalue weighted by Crippen LogP contribution is 2.32. The van der Waals surface area contributed by atoms with Crippen molar-refractivity contribution in [2.75, 3.05) is 68.6 Å². The lowest BCUT2D eigenvalue weighted by molar-refractivity contribution is 0.0349. The second-order valence-corrected chi connectivity index (χ2v) is 12.0. The quantitative estimate of drug-likeness (QED) is 0.285. The summed E-state index contributed by atoms with van der Waals surface area (Å²) in [4.78, 5) is 43.0. The van der Waals surface area contributed by atoms with Gasteiger partial charge in [0.05, 0.1) is 24.6 Å². The second-order valence-electron chi connectivity index (χ2n) is 12.0. The fourth-order valence-corrected chi connectivity index (χ4v) is 4.95. The van der Waals surface area contributed by atoms with Crippen molar-refractivity contribution < 1.29 is 33.3 Å². The average Bonchev–Trinajstić information content (AvgIpc) is 3.03. The number of hydrogen-bond acceptors (Lipinski definition) is 8. The number of amides is 4. The molecule has 12 heteroatoms. The summed E-state index contributed by atoms with van der Waals surface area (Å²) >= 11 is 0. The molecule has 0 unspecified atom stereocenters. The van der Waals surface area contributed by atoms with E-state index in [2.05, 4.69) is 20.9 Å². The minimum Gasteiger partial charge on any atom is -0.486 e. The van der Waals surface area contributed by atoms with E-state index >= 15 is 0 Å². The van der Waals surface area contributed by atoms with Gasteiger partial charge in [0.25, 0.3) is 5.91 Å². The van der Waals surface area contributed by atoms with E-state index in [9.17, 15) is 14.4 Å². The highest BCUT2D eigenvalue weighted by atomic mass is 16.6. The number of hydrogen-bond donors (Lipinski definition) is 3. The van der Waals surface area contributed by atoms with E-state index < -0.39 is 11.7 Å². The average molecular weight is 632 g/mol. The molecule has 0 atom stereocenters. The fraction of sp³-hybridized carbons (Fsp3) is 0.382. The van der Waals surface area contributed by atoms with E-state index in [1.807, 2.05) is 12.1 Å². The molecular formula is C34H41N5O7. The van der Waals surface area contributed by atoms with Gasteiger partial charge in [0.1, 0.15) is 18.8 Å². The van der Waals surface area contributed by atoms with E-state index in [0.29, 0.717) is 80.2 Å². The summed E-state index contributed by atoms with van der Waals surface area (Å²) in [6.07, 6.45) is -0.616. The number of benzene rings is 3. The van der Waals surface area contributed by atoms with E-state index in [-0.39, 0.29) is 11.9 Å². The molecule has 0 aromatic heterocycles. The van der Waals surface area contributed by atoms with Gasteiger partial charge in [-0.05, 0) is 62.7 Å². The Kier molecular flexibility index (Phi) is 10.6. The molecule has 244 valence electrons. The van der Waals surface area contributed by atoms with Crippen LogP contribution in [0.5, 0.6) is 11.5 Å². The van der Waals surface area contributed by atoms with Gasteiger partial charge >= 0.3 is 12.1 Å². The van der Waals surface area contributed by atoms with E-state index in [0.717, 1.165) is 18.7 Å². The van der Waals surface area contributed by atoms with Crippen molar-refractivity contribution in [2.45, 2.75) is 32.9 Å². The molecule has 2 heterocycles. The zero-order valence-electron chi connectivity index (χ0n) is 26.5. The Bertz CT molecular complexity index is 1520. The molecule has 2 aliphatic heterocycles. The Morgan fingerprint density at radius 3 is 2.20 bits per heavy atom. The number of morpholine rings is 1. The maximum absolute atomic E-state index is 13.5. The predicted molar refractivity (Wildman–Crippen MR) is 175 cm³/mol. The Balaban J connectivity index is 1.24. The first-order valence-corrected chi connectivity index (χ1v) is 15.4. The molecule has 0 radical (unpaired) electrons. The molecule has 0 aliphatic carbocycles. The molecule has 0 saturated carbocycles. The number of carbonyl (C=O) groups excluding carboxylic acids is 3. The third-order valence-electron chi connectivity index (χ3n) is 7.27.